The van der Waals surface area contributed by atoms with E-state index in [1.807, 2.05) is 0 Å². The molecule has 0 bridgehead atoms. The van der Waals surface area contributed by atoms with E-state index < -0.39 is 0 Å². The molecule has 118 valence electrons. The summed E-state index contributed by atoms with van der Waals surface area (Å²) in [6.07, 6.45) is 6.78. The Hall–Kier alpha value is -0.940. The van der Waals surface area contributed by atoms with E-state index in [0.29, 0.717) is 12.5 Å². The van der Waals surface area contributed by atoms with Crippen molar-refractivity contribution >= 4 is 11.7 Å². The minimum atomic E-state index is -0.301. The highest BCUT2D eigenvalue weighted by atomic mass is 16.2. The molecular formula is C16H27N3O2. The summed E-state index contributed by atoms with van der Waals surface area (Å²) < 4.78 is 0. The lowest BCUT2D eigenvalue weighted by Crippen LogP contribution is -2.58. The molecule has 0 aromatic carbocycles. The molecule has 5 nitrogen and oxygen atoms in total. The van der Waals surface area contributed by atoms with Gasteiger partial charge < -0.3 is 5.32 Å². The Bertz CT molecular complexity index is 416. The van der Waals surface area contributed by atoms with Crippen LogP contribution in [-0.2, 0) is 9.59 Å². The van der Waals surface area contributed by atoms with Gasteiger partial charge >= 0.3 is 0 Å². The second-order valence-electron chi connectivity index (χ2n) is 6.72. The van der Waals surface area contributed by atoms with Crippen LogP contribution in [0.4, 0.5) is 0 Å². The Balaban J connectivity index is 1.66. The molecule has 21 heavy (non-hydrogen) atoms. The summed E-state index contributed by atoms with van der Waals surface area (Å²) in [5.41, 5.74) is -0.301. The van der Waals surface area contributed by atoms with Gasteiger partial charge in [0.15, 0.2) is 0 Å². The molecule has 3 fully saturated rings. The maximum atomic E-state index is 12.3. The normalized spacial score (nSPS) is 30.8. The van der Waals surface area contributed by atoms with Crippen molar-refractivity contribution in [2.45, 2.75) is 63.5 Å². The molecule has 1 aliphatic carbocycles. The molecule has 1 atom stereocenters. The number of amides is 1. The highest BCUT2D eigenvalue weighted by molar-refractivity contribution is 5.88. The van der Waals surface area contributed by atoms with Crippen LogP contribution in [0.3, 0.4) is 0 Å². The molecule has 1 N–H and O–H groups in total. The number of piperidine rings is 1. The van der Waals surface area contributed by atoms with Gasteiger partial charge in [0.1, 0.15) is 11.3 Å². The van der Waals surface area contributed by atoms with E-state index in [-0.39, 0.29) is 17.5 Å². The molecule has 0 aromatic heterocycles. The number of rotatable bonds is 3. The summed E-state index contributed by atoms with van der Waals surface area (Å²) in [6, 6.07) is 0.125. The second kappa shape index (κ2) is 6.05. The Labute approximate surface area is 127 Å². The molecule has 2 heterocycles. The fourth-order valence-electron chi connectivity index (χ4n) is 4.29. The van der Waals surface area contributed by atoms with E-state index >= 15 is 0 Å². The van der Waals surface area contributed by atoms with E-state index in [2.05, 4.69) is 22.0 Å². The number of likely N-dealkylation sites (tertiary alicyclic amines) is 1. The molecule has 5 heteroatoms. The van der Waals surface area contributed by atoms with E-state index in [1.54, 1.807) is 0 Å². The summed E-state index contributed by atoms with van der Waals surface area (Å²) in [4.78, 5) is 29.1. The average Bonchev–Trinajstić information content (AvgIpc) is 2.79. The van der Waals surface area contributed by atoms with Crippen molar-refractivity contribution in [3.63, 3.8) is 0 Å². The number of hydrogen-bond donors (Lipinski definition) is 1. The summed E-state index contributed by atoms with van der Waals surface area (Å²) in [6.45, 7) is 5.58. The van der Waals surface area contributed by atoms with E-state index in [9.17, 15) is 9.59 Å². The third-order valence-electron chi connectivity index (χ3n) is 5.54. The van der Waals surface area contributed by atoms with E-state index in [1.165, 1.54) is 6.42 Å². The molecule has 1 unspecified atom stereocenters. The summed E-state index contributed by atoms with van der Waals surface area (Å²) in [5.74, 6) is 0.615. The summed E-state index contributed by atoms with van der Waals surface area (Å²) >= 11 is 0. The first kappa shape index (κ1) is 15.0. The topological polar surface area (TPSA) is 52.7 Å². The highest BCUT2D eigenvalue weighted by Gasteiger charge is 2.50. The number of hydrogen-bond acceptors (Lipinski definition) is 4. The zero-order chi connectivity index (χ0) is 14.9. The van der Waals surface area contributed by atoms with Crippen LogP contribution in [0.5, 0.6) is 0 Å². The van der Waals surface area contributed by atoms with Crippen LogP contribution >= 0.6 is 0 Å². The zero-order valence-electron chi connectivity index (χ0n) is 13.1. The van der Waals surface area contributed by atoms with Gasteiger partial charge in [0, 0.05) is 26.1 Å². The molecule has 1 saturated carbocycles. The number of carbonyl (C=O) groups is 2. The van der Waals surface area contributed by atoms with Crippen LogP contribution in [0, 0.1) is 0 Å². The molecule has 3 rings (SSSR count). The van der Waals surface area contributed by atoms with Gasteiger partial charge in [-0.3, -0.25) is 19.4 Å². The number of nitrogens with one attached hydrogen (secondary N) is 1. The molecular weight excluding hydrogens is 266 g/mol. The molecule has 0 radical (unpaired) electrons. The maximum absolute atomic E-state index is 12.3. The predicted octanol–water partition coefficient (Wildman–Crippen LogP) is 1.13. The van der Waals surface area contributed by atoms with Gasteiger partial charge in [0.2, 0.25) is 5.91 Å². The molecule has 3 aliphatic rings. The van der Waals surface area contributed by atoms with Crippen molar-refractivity contribution in [2.75, 3.05) is 26.3 Å². The first-order chi connectivity index (χ1) is 10.2. The Kier molecular flexibility index (Phi) is 4.31. The molecule has 1 amide bonds. The van der Waals surface area contributed by atoms with Crippen LogP contribution in [0.25, 0.3) is 0 Å². The van der Waals surface area contributed by atoms with Crippen LogP contribution < -0.4 is 5.32 Å². The Morgan fingerprint density at radius 1 is 1.24 bits per heavy atom. The second-order valence-corrected chi connectivity index (χ2v) is 6.72. The summed E-state index contributed by atoms with van der Waals surface area (Å²) in [7, 11) is 0. The predicted molar refractivity (Wildman–Crippen MR) is 80.8 cm³/mol. The van der Waals surface area contributed by atoms with Crippen molar-refractivity contribution in [3.8, 4) is 0 Å². The molecule has 1 spiro atoms. The van der Waals surface area contributed by atoms with Gasteiger partial charge in [-0.25, -0.2) is 0 Å². The molecule has 2 aliphatic heterocycles. The Morgan fingerprint density at radius 2 is 2.00 bits per heavy atom. The minimum absolute atomic E-state index is 0.125. The van der Waals surface area contributed by atoms with Crippen molar-refractivity contribution < 1.29 is 9.59 Å². The SMILES string of the molecule is CCCN1CNC(=O)C12CCN(C1CCCCC1=O)CC2. The lowest BCUT2D eigenvalue weighted by atomic mass is 9.83. The van der Waals surface area contributed by atoms with Crippen LogP contribution in [-0.4, -0.2) is 59.4 Å². The van der Waals surface area contributed by atoms with Crippen molar-refractivity contribution in [1.82, 2.24) is 15.1 Å². The van der Waals surface area contributed by atoms with E-state index in [4.69, 9.17) is 0 Å². The number of Topliss-reactive ketones (excluding diaryl/α,β-unsaturated/α-hetero) is 1. The number of carbonyl (C=O) groups excluding carboxylic acids is 2. The standard InChI is InChI=1S/C16H27N3O2/c1-2-9-19-12-17-15(21)16(19)7-10-18(11-8-16)13-5-3-4-6-14(13)20/h13H,2-12H2,1H3,(H,17,21). The van der Waals surface area contributed by atoms with Crippen molar-refractivity contribution in [3.05, 3.63) is 0 Å². The van der Waals surface area contributed by atoms with E-state index in [0.717, 1.165) is 58.2 Å². The van der Waals surface area contributed by atoms with Crippen LogP contribution in [0.15, 0.2) is 0 Å². The largest absolute Gasteiger partial charge is 0.342 e. The van der Waals surface area contributed by atoms with Crippen molar-refractivity contribution in [1.29, 1.82) is 0 Å². The third-order valence-corrected chi connectivity index (χ3v) is 5.54. The van der Waals surface area contributed by atoms with Crippen LogP contribution in [0.1, 0.15) is 51.9 Å². The van der Waals surface area contributed by atoms with Gasteiger partial charge in [0.05, 0.1) is 12.7 Å². The lowest BCUT2D eigenvalue weighted by molar-refractivity contribution is -0.132. The number of ketones is 1. The first-order valence-electron chi connectivity index (χ1n) is 8.47. The van der Waals surface area contributed by atoms with Gasteiger partial charge in [-0.2, -0.15) is 0 Å². The first-order valence-corrected chi connectivity index (χ1v) is 8.47. The Morgan fingerprint density at radius 3 is 2.67 bits per heavy atom. The fourth-order valence-corrected chi connectivity index (χ4v) is 4.29. The monoisotopic (exact) mass is 293 g/mol. The lowest BCUT2D eigenvalue weighted by Gasteiger charge is -2.45. The third kappa shape index (κ3) is 2.61. The minimum Gasteiger partial charge on any atom is -0.342 e. The van der Waals surface area contributed by atoms with Crippen molar-refractivity contribution in [2.24, 2.45) is 0 Å². The van der Waals surface area contributed by atoms with Crippen LogP contribution in [0.2, 0.25) is 0 Å². The average molecular weight is 293 g/mol. The zero-order valence-corrected chi connectivity index (χ0v) is 13.1. The molecule has 2 saturated heterocycles. The maximum Gasteiger partial charge on any atom is 0.241 e. The van der Waals surface area contributed by atoms with Gasteiger partial charge in [0.25, 0.3) is 0 Å². The smallest absolute Gasteiger partial charge is 0.241 e. The summed E-state index contributed by atoms with van der Waals surface area (Å²) in [5, 5.41) is 3.02. The van der Waals surface area contributed by atoms with Gasteiger partial charge in [-0.1, -0.05) is 13.3 Å². The quantitative estimate of drug-likeness (QED) is 0.847. The molecule has 0 aromatic rings. The highest BCUT2D eigenvalue weighted by Crippen LogP contribution is 2.34. The number of nitrogens with zero attached hydrogens (tertiary/aromatic N) is 2. The van der Waals surface area contributed by atoms with Gasteiger partial charge in [-0.05, 0) is 32.1 Å². The van der Waals surface area contributed by atoms with Gasteiger partial charge in [-0.15, -0.1) is 0 Å². The fraction of sp³-hybridized carbons (Fsp3) is 0.875.